The van der Waals surface area contributed by atoms with Crippen LogP contribution in [0.5, 0.6) is 0 Å². The average molecular weight is 324 g/mol. The second kappa shape index (κ2) is 5.13. The fourth-order valence-electron chi connectivity index (χ4n) is 2.07. The van der Waals surface area contributed by atoms with Crippen LogP contribution in [0.2, 0.25) is 10.0 Å². The maximum Gasteiger partial charge on any atom is 0.130 e. The summed E-state index contributed by atoms with van der Waals surface area (Å²) < 4.78 is 1.66. The Hall–Kier alpha value is -1.49. The molecule has 2 N–H and O–H groups in total. The van der Waals surface area contributed by atoms with E-state index in [1.807, 2.05) is 30.6 Å². The fourth-order valence-corrected chi connectivity index (χ4v) is 3.35. The maximum atomic E-state index is 6.29. The van der Waals surface area contributed by atoms with Gasteiger partial charge >= 0.3 is 0 Å². The van der Waals surface area contributed by atoms with E-state index >= 15 is 0 Å². The van der Waals surface area contributed by atoms with Gasteiger partial charge in [0.05, 0.1) is 10.6 Å². The van der Waals surface area contributed by atoms with Crippen LogP contribution in [0.4, 0.5) is 5.82 Å². The van der Waals surface area contributed by atoms with Crippen LogP contribution in [0.1, 0.15) is 0 Å². The van der Waals surface area contributed by atoms with Crippen LogP contribution in [0, 0.1) is 0 Å². The highest BCUT2D eigenvalue weighted by molar-refractivity contribution is 7.13. The number of rotatable bonds is 2. The van der Waals surface area contributed by atoms with E-state index in [2.05, 4.69) is 5.10 Å². The highest BCUT2D eigenvalue weighted by Crippen LogP contribution is 2.40. The molecule has 20 heavy (non-hydrogen) atoms. The number of nitrogens with zero attached hydrogens (tertiary/aromatic N) is 2. The van der Waals surface area contributed by atoms with Crippen LogP contribution in [0.3, 0.4) is 0 Å². The molecule has 0 spiro atoms. The van der Waals surface area contributed by atoms with Crippen molar-refractivity contribution in [1.29, 1.82) is 0 Å². The van der Waals surface area contributed by atoms with Crippen molar-refractivity contribution in [3.63, 3.8) is 0 Å². The minimum absolute atomic E-state index is 0.563. The zero-order valence-electron chi connectivity index (χ0n) is 10.6. The molecule has 102 valence electrons. The summed E-state index contributed by atoms with van der Waals surface area (Å²) in [7, 11) is 1.82. The molecule has 0 atom stereocenters. The van der Waals surface area contributed by atoms with Gasteiger partial charge in [0, 0.05) is 22.5 Å². The lowest BCUT2D eigenvalue weighted by atomic mass is 10.1. The first kappa shape index (κ1) is 13.5. The van der Waals surface area contributed by atoms with Crippen molar-refractivity contribution in [1.82, 2.24) is 9.78 Å². The summed E-state index contributed by atoms with van der Waals surface area (Å²) in [6, 6.07) is 9.38. The first-order chi connectivity index (χ1) is 9.58. The molecule has 3 rings (SSSR count). The van der Waals surface area contributed by atoms with Gasteiger partial charge in [0.25, 0.3) is 0 Å². The Morgan fingerprint density at radius 1 is 1.25 bits per heavy atom. The molecule has 0 radical (unpaired) electrons. The Bertz CT molecular complexity index is 763. The summed E-state index contributed by atoms with van der Waals surface area (Å²) in [4.78, 5) is 1.07. The SMILES string of the molecule is Cn1nc(-c2ccc(Cl)cc2Cl)c(-c2cccs2)c1N. The van der Waals surface area contributed by atoms with E-state index in [1.54, 1.807) is 28.2 Å². The number of hydrogen-bond acceptors (Lipinski definition) is 3. The molecule has 0 fully saturated rings. The summed E-state index contributed by atoms with van der Waals surface area (Å²) in [5, 5.41) is 7.67. The highest BCUT2D eigenvalue weighted by Gasteiger charge is 2.19. The Morgan fingerprint density at radius 3 is 2.70 bits per heavy atom. The first-order valence-electron chi connectivity index (χ1n) is 5.89. The third kappa shape index (κ3) is 2.20. The molecule has 0 aliphatic carbocycles. The van der Waals surface area contributed by atoms with Crippen molar-refractivity contribution in [2.75, 3.05) is 5.73 Å². The molecule has 0 bridgehead atoms. The fraction of sp³-hybridized carbons (Fsp3) is 0.0714. The quantitative estimate of drug-likeness (QED) is 0.742. The van der Waals surface area contributed by atoms with Crippen molar-refractivity contribution in [2.45, 2.75) is 0 Å². The molecule has 3 aromatic rings. The number of nitrogens with two attached hydrogens (primary N) is 1. The number of nitrogen functional groups attached to an aromatic ring is 1. The van der Waals surface area contributed by atoms with E-state index in [9.17, 15) is 0 Å². The first-order valence-corrected chi connectivity index (χ1v) is 7.53. The number of aryl methyl sites for hydroxylation is 1. The molecular formula is C14H11Cl2N3S. The van der Waals surface area contributed by atoms with E-state index in [0.717, 1.165) is 21.7 Å². The molecule has 2 aromatic heterocycles. The molecule has 0 aliphatic heterocycles. The topological polar surface area (TPSA) is 43.8 Å². The van der Waals surface area contributed by atoms with E-state index in [0.29, 0.717) is 15.9 Å². The summed E-state index contributed by atoms with van der Waals surface area (Å²) >= 11 is 13.9. The summed E-state index contributed by atoms with van der Waals surface area (Å²) in [5.41, 5.74) is 8.66. The van der Waals surface area contributed by atoms with Gasteiger partial charge in [0.1, 0.15) is 11.5 Å². The molecule has 0 amide bonds. The highest BCUT2D eigenvalue weighted by atomic mass is 35.5. The number of thiophene rings is 1. The van der Waals surface area contributed by atoms with Crippen molar-refractivity contribution in [3.8, 4) is 21.7 Å². The van der Waals surface area contributed by atoms with Gasteiger partial charge in [-0.1, -0.05) is 29.3 Å². The zero-order chi connectivity index (χ0) is 14.3. The number of benzene rings is 1. The standard InChI is InChI=1S/C14H11Cl2N3S/c1-19-14(17)12(11-3-2-6-20-11)13(18-19)9-5-4-8(15)7-10(9)16/h2-7H,17H2,1H3. The summed E-state index contributed by atoms with van der Waals surface area (Å²) in [6.07, 6.45) is 0. The lowest BCUT2D eigenvalue weighted by Crippen LogP contribution is -1.97. The Labute approximate surface area is 130 Å². The van der Waals surface area contributed by atoms with E-state index in [1.165, 1.54) is 0 Å². The lowest BCUT2D eigenvalue weighted by Gasteiger charge is -2.04. The molecule has 1 aromatic carbocycles. The molecular weight excluding hydrogens is 313 g/mol. The van der Waals surface area contributed by atoms with Crippen LogP contribution >= 0.6 is 34.5 Å². The van der Waals surface area contributed by atoms with Gasteiger partial charge in [-0.3, -0.25) is 4.68 Å². The lowest BCUT2D eigenvalue weighted by molar-refractivity contribution is 0.782. The van der Waals surface area contributed by atoms with Crippen LogP contribution in [-0.2, 0) is 7.05 Å². The molecule has 2 heterocycles. The molecule has 0 saturated carbocycles. The van der Waals surface area contributed by atoms with Gasteiger partial charge in [-0.25, -0.2) is 0 Å². The number of anilines is 1. The molecule has 6 heteroatoms. The van der Waals surface area contributed by atoms with Gasteiger partial charge < -0.3 is 5.73 Å². The van der Waals surface area contributed by atoms with Crippen LogP contribution in [0.15, 0.2) is 35.7 Å². The minimum Gasteiger partial charge on any atom is -0.383 e. The van der Waals surface area contributed by atoms with Crippen LogP contribution in [-0.4, -0.2) is 9.78 Å². The molecule has 0 aliphatic rings. The molecule has 0 saturated heterocycles. The van der Waals surface area contributed by atoms with Gasteiger partial charge in [0.2, 0.25) is 0 Å². The molecule has 3 nitrogen and oxygen atoms in total. The Kier molecular flexibility index (Phi) is 3.46. The van der Waals surface area contributed by atoms with Crippen molar-refractivity contribution >= 4 is 40.4 Å². The number of hydrogen-bond donors (Lipinski definition) is 1. The largest absolute Gasteiger partial charge is 0.383 e. The monoisotopic (exact) mass is 323 g/mol. The zero-order valence-corrected chi connectivity index (χ0v) is 12.9. The second-order valence-electron chi connectivity index (χ2n) is 4.33. The smallest absolute Gasteiger partial charge is 0.130 e. The Balaban J connectivity index is 2.27. The van der Waals surface area contributed by atoms with E-state index in [-0.39, 0.29) is 0 Å². The van der Waals surface area contributed by atoms with E-state index in [4.69, 9.17) is 28.9 Å². The maximum absolute atomic E-state index is 6.29. The van der Waals surface area contributed by atoms with Gasteiger partial charge in [-0.2, -0.15) is 5.10 Å². The van der Waals surface area contributed by atoms with E-state index < -0.39 is 0 Å². The van der Waals surface area contributed by atoms with Gasteiger partial charge in [0.15, 0.2) is 0 Å². The number of aromatic nitrogens is 2. The second-order valence-corrected chi connectivity index (χ2v) is 6.13. The minimum atomic E-state index is 0.563. The van der Waals surface area contributed by atoms with Crippen molar-refractivity contribution in [3.05, 3.63) is 45.8 Å². The van der Waals surface area contributed by atoms with Crippen LogP contribution < -0.4 is 5.73 Å². The van der Waals surface area contributed by atoms with Crippen molar-refractivity contribution in [2.24, 2.45) is 7.05 Å². The van der Waals surface area contributed by atoms with Crippen LogP contribution in [0.25, 0.3) is 21.7 Å². The predicted octanol–water partition coefficient (Wildman–Crippen LogP) is 4.70. The average Bonchev–Trinajstić information content (AvgIpc) is 2.99. The normalized spacial score (nSPS) is 10.9. The Morgan fingerprint density at radius 2 is 2.05 bits per heavy atom. The summed E-state index contributed by atoms with van der Waals surface area (Å²) in [5.74, 6) is 0.619. The van der Waals surface area contributed by atoms with Gasteiger partial charge in [-0.05, 0) is 29.6 Å². The van der Waals surface area contributed by atoms with Crippen molar-refractivity contribution < 1.29 is 0 Å². The number of halogens is 2. The third-order valence-electron chi connectivity index (χ3n) is 3.05. The predicted molar refractivity (Wildman–Crippen MR) is 86.4 cm³/mol. The molecule has 0 unspecified atom stereocenters. The summed E-state index contributed by atoms with van der Waals surface area (Å²) in [6.45, 7) is 0. The third-order valence-corrected chi connectivity index (χ3v) is 4.48. The van der Waals surface area contributed by atoms with Gasteiger partial charge in [-0.15, -0.1) is 11.3 Å².